The Morgan fingerprint density at radius 1 is 1.40 bits per heavy atom. The maximum absolute atomic E-state index is 11.0. The van der Waals surface area contributed by atoms with Gasteiger partial charge >= 0.3 is 0 Å². The molecule has 2 rings (SSSR count). The van der Waals surface area contributed by atoms with E-state index in [1.54, 1.807) is 24.7 Å². The lowest BCUT2D eigenvalue weighted by atomic mass is 10.2. The average Bonchev–Trinajstić information content (AvgIpc) is 2.92. The summed E-state index contributed by atoms with van der Waals surface area (Å²) in [6.45, 7) is 1.63. The minimum absolute atomic E-state index is 0.131. The van der Waals surface area contributed by atoms with Gasteiger partial charge in [0.15, 0.2) is 0 Å². The number of nitrogens with one attached hydrogen (secondary N) is 1. The van der Waals surface area contributed by atoms with Gasteiger partial charge in [-0.25, -0.2) is 4.98 Å². The second-order valence-corrected chi connectivity index (χ2v) is 5.60. The van der Waals surface area contributed by atoms with Crippen molar-refractivity contribution >= 4 is 34.0 Å². The topological polar surface area (TPSA) is 73.0 Å². The Kier molecular flexibility index (Phi) is 5.33. The summed E-state index contributed by atoms with van der Waals surface area (Å²) in [5.41, 5.74) is 0.713. The number of aromatic nitrogens is 2. The number of hydrogen-bond donors (Lipinski definition) is 1. The van der Waals surface area contributed by atoms with Crippen LogP contribution in [0.4, 0.5) is 11.4 Å². The van der Waals surface area contributed by atoms with Crippen LogP contribution in [0.15, 0.2) is 36.9 Å². The van der Waals surface area contributed by atoms with E-state index in [9.17, 15) is 10.1 Å². The van der Waals surface area contributed by atoms with Crippen LogP contribution in [0.1, 0.15) is 12.8 Å². The van der Waals surface area contributed by atoms with Crippen LogP contribution in [0.5, 0.6) is 0 Å². The summed E-state index contributed by atoms with van der Waals surface area (Å²) in [6, 6.07) is 5.20. The summed E-state index contributed by atoms with van der Waals surface area (Å²) in [5, 5.41) is 14.1. The zero-order chi connectivity index (χ0) is 14.4. The van der Waals surface area contributed by atoms with Crippen molar-refractivity contribution < 1.29 is 4.92 Å². The predicted octanol–water partition coefficient (Wildman–Crippen LogP) is 3.29. The second-order valence-electron chi connectivity index (χ2n) is 4.35. The molecule has 0 unspecified atom stereocenters. The first kappa shape index (κ1) is 14.8. The molecule has 0 atom stereocenters. The number of unbranched alkanes of at least 4 members (excludes halogenated alkanes) is 1. The summed E-state index contributed by atoms with van der Waals surface area (Å²) in [5.74, 6) is 0. The van der Waals surface area contributed by atoms with Gasteiger partial charge in [0.25, 0.3) is 5.69 Å². The molecule has 0 bridgehead atoms. The normalized spacial score (nSPS) is 10.4. The number of imidazole rings is 1. The van der Waals surface area contributed by atoms with Gasteiger partial charge in [0.1, 0.15) is 5.69 Å². The molecule has 1 aromatic heterocycles. The molecule has 106 valence electrons. The molecule has 7 heteroatoms. The van der Waals surface area contributed by atoms with Crippen molar-refractivity contribution in [2.24, 2.45) is 0 Å². The highest BCUT2D eigenvalue weighted by atomic mass is 127. The van der Waals surface area contributed by atoms with E-state index in [1.165, 1.54) is 0 Å². The van der Waals surface area contributed by atoms with Crippen LogP contribution in [0.3, 0.4) is 0 Å². The first-order chi connectivity index (χ1) is 9.66. The van der Waals surface area contributed by atoms with Gasteiger partial charge in [-0.05, 0) is 47.6 Å². The van der Waals surface area contributed by atoms with Crippen molar-refractivity contribution in [3.63, 3.8) is 0 Å². The highest BCUT2D eigenvalue weighted by molar-refractivity contribution is 14.1. The lowest BCUT2D eigenvalue weighted by Gasteiger charge is -2.07. The van der Waals surface area contributed by atoms with E-state index < -0.39 is 0 Å². The average molecular weight is 386 g/mol. The van der Waals surface area contributed by atoms with E-state index in [1.807, 2.05) is 16.8 Å². The molecular weight excluding hydrogens is 371 g/mol. The van der Waals surface area contributed by atoms with Gasteiger partial charge in [-0.1, -0.05) is 0 Å². The van der Waals surface area contributed by atoms with Gasteiger partial charge in [-0.15, -0.1) is 0 Å². The summed E-state index contributed by atoms with van der Waals surface area (Å²) in [7, 11) is 0. The van der Waals surface area contributed by atoms with Gasteiger partial charge < -0.3 is 9.88 Å². The molecule has 0 saturated carbocycles. The highest BCUT2D eigenvalue weighted by Gasteiger charge is 2.13. The van der Waals surface area contributed by atoms with E-state index >= 15 is 0 Å². The zero-order valence-corrected chi connectivity index (χ0v) is 13.0. The fraction of sp³-hybridized carbons (Fsp3) is 0.308. The molecular formula is C13H15IN4O2. The Morgan fingerprint density at radius 3 is 2.95 bits per heavy atom. The molecule has 0 radical (unpaired) electrons. The van der Waals surface area contributed by atoms with Gasteiger partial charge in [0.2, 0.25) is 0 Å². The molecule has 1 heterocycles. The van der Waals surface area contributed by atoms with Crippen molar-refractivity contribution in [2.75, 3.05) is 11.9 Å². The third-order valence-corrected chi connectivity index (χ3v) is 3.55. The van der Waals surface area contributed by atoms with E-state index in [0.29, 0.717) is 5.69 Å². The number of anilines is 1. The number of benzene rings is 1. The number of hydrogen-bond acceptors (Lipinski definition) is 4. The van der Waals surface area contributed by atoms with Crippen LogP contribution >= 0.6 is 22.6 Å². The molecule has 0 spiro atoms. The molecule has 1 aromatic carbocycles. The van der Waals surface area contributed by atoms with Gasteiger partial charge in [-0.2, -0.15) is 0 Å². The maximum Gasteiger partial charge on any atom is 0.293 e. The third-order valence-electron chi connectivity index (χ3n) is 2.87. The monoisotopic (exact) mass is 386 g/mol. The number of halogens is 1. The Labute approximate surface area is 130 Å². The number of nitro groups is 1. The van der Waals surface area contributed by atoms with Crippen LogP contribution < -0.4 is 5.32 Å². The fourth-order valence-electron chi connectivity index (χ4n) is 1.87. The molecule has 0 aliphatic heterocycles. The Hall–Kier alpha value is -1.64. The van der Waals surface area contributed by atoms with Crippen molar-refractivity contribution in [3.8, 4) is 0 Å². The van der Waals surface area contributed by atoms with E-state index in [-0.39, 0.29) is 10.6 Å². The maximum atomic E-state index is 11.0. The quantitative estimate of drug-likeness (QED) is 0.343. The SMILES string of the molecule is O=[N+]([O-])c1cc(I)ccc1NCCCCn1ccnc1. The molecule has 0 saturated heterocycles. The molecule has 0 fully saturated rings. The fourth-order valence-corrected chi connectivity index (χ4v) is 2.34. The smallest absolute Gasteiger partial charge is 0.293 e. The predicted molar refractivity (Wildman–Crippen MR) is 85.8 cm³/mol. The first-order valence-corrected chi connectivity index (χ1v) is 7.38. The Bertz CT molecular complexity index is 572. The molecule has 20 heavy (non-hydrogen) atoms. The van der Waals surface area contributed by atoms with Crippen molar-refractivity contribution in [3.05, 3.63) is 50.6 Å². The standard InChI is InChI=1S/C13H15IN4O2/c14-11-3-4-12(13(9-11)18(19)20)16-5-1-2-7-17-8-6-15-10-17/h3-4,6,8-10,16H,1-2,5,7H2. The van der Waals surface area contributed by atoms with Gasteiger partial charge in [0, 0.05) is 35.1 Å². The second kappa shape index (κ2) is 7.22. The molecule has 6 nitrogen and oxygen atoms in total. The summed E-state index contributed by atoms with van der Waals surface area (Å²) in [6.07, 6.45) is 7.42. The van der Waals surface area contributed by atoms with Crippen molar-refractivity contribution in [1.82, 2.24) is 9.55 Å². The zero-order valence-electron chi connectivity index (χ0n) is 10.8. The van der Waals surface area contributed by atoms with Gasteiger partial charge in [0.05, 0.1) is 11.3 Å². The summed E-state index contributed by atoms with van der Waals surface area (Å²) < 4.78 is 2.88. The van der Waals surface area contributed by atoms with Crippen LogP contribution in [-0.2, 0) is 6.54 Å². The largest absolute Gasteiger partial charge is 0.379 e. The highest BCUT2D eigenvalue weighted by Crippen LogP contribution is 2.26. The lowest BCUT2D eigenvalue weighted by molar-refractivity contribution is -0.384. The minimum Gasteiger partial charge on any atom is -0.379 e. The summed E-state index contributed by atoms with van der Waals surface area (Å²) >= 11 is 2.07. The minimum atomic E-state index is -0.351. The lowest BCUT2D eigenvalue weighted by Crippen LogP contribution is -2.06. The summed E-state index contributed by atoms with van der Waals surface area (Å²) in [4.78, 5) is 14.6. The number of rotatable bonds is 7. The van der Waals surface area contributed by atoms with Crippen LogP contribution in [0.2, 0.25) is 0 Å². The van der Waals surface area contributed by atoms with E-state index in [0.717, 1.165) is 29.5 Å². The van der Waals surface area contributed by atoms with Crippen LogP contribution in [-0.4, -0.2) is 21.0 Å². The third kappa shape index (κ3) is 4.19. The molecule has 2 aromatic rings. The number of nitrogens with zero attached hydrogens (tertiary/aromatic N) is 3. The van der Waals surface area contributed by atoms with Gasteiger partial charge in [-0.3, -0.25) is 10.1 Å². The molecule has 1 N–H and O–H groups in total. The molecule has 0 aliphatic carbocycles. The Morgan fingerprint density at radius 2 is 2.25 bits per heavy atom. The van der Waals surface area contributed by atoms with E-state index in [4.69, 9.17) is 0 Å². The van der Waals surface area contributed by atoms with Crippen LogP contribution in [0, 0.1) is 13.7 Å². The van der Waals surface area contributed by atoms with Crippen LogP contribution in [0.25, 0.3) is 0 Å². The van der Waals surface area contributed by atoms with Crippen molar-refractivity contribution in [2.45, 2.75) is 19.4 Å². The van der Waals surface area contributed by atoms with E-state index in [2.05, 4.69) is 32.9 Å². The number of nitro benzene ring substituents is 1. The Balaban J connectivity index is 1.80. The molecule has 0 amide bonds. The van der Waals surface area contributed by atoms with Crippen molar-refractivity contribution in [1.29, 1.82) is 0 Å². The molecule has 0 aliphatic rings. The first-order valence-electron chi connectivity index (χ1n) is 6.30. The number of aryl methyl sites for hydroxylation is 1.